The Morgan fingerprint density at radius 1 is 1.04 bits per heavy atom. The minimum absolute atomic E-state index is 0.277. The molecule has 6 heteroatoms. The van der Waals surface area contributed by atoms with Gasteiger partial charge < -0.3 is 10.6 Å². The van der Waals surface area contributed by atoms with E-state index in [1.807, 2.05) is 56.3 Å². The lowest BCUT2D eigenvalue weighted by Crippen LogP contribution is -2.14. The zero-order valence-corrected chi connectivity index (χ0v) is 15.5. The number of aromatic nitrogens is 2. The first kappa shape index (κ1) is 17.1. The van der Waals surface area contributed by atoms with Crippen LogP contribution in [-0.2, 0) is 0 Å². The first-order valence-corrected chi connectivity index (χ1v) is 8.55. The minimum Gasteiger partial charge on any atom is -0.324 e. The normalized spacial score (nSPS) is 10.4. The fourth-order valence-electron chi connectivity index (χ4n) is 2.26. The molecule has 0 aliphatic heterocycles. The predicted octanol–water partition coefficient (Wildman–Crippen LogP) is 4.85. The van der Waals surface area contributed by atoms with Crippen molar-refractivity contribution in [3.05, 3.63) is 76.0 Å². The molecule has 0 atom stereocenters. The Hall–Kier alpha value is -2.73. The lowest BCUT2D eigenvalue weighted by Gasteiger charge is -2.09. The summed E-state index contributed by atoms with van der Waals surface area (Å²) in [4.78, 5) is 20.9. The summed E-state index contributed by atoms with van der Waals surface area (Å²) >= 11 is 3.50. The molecule has 3 aromatic rings. The van der Waals surface area contributed by atoms with E-state index in [0.717, 1.165) is 27.0 Å². The van der Waals surface area contributed by atoms with Gasteiger partial charge in [-0.3, -0.25) is 4.79 Å². The van der Waals surface area contributed by atoms with E-state index in [4.69, 9.17) is 0 Å². The van der Waals surface area contributed by atoms with Crippen molar-refractivity contribution in [1.29, 1.82) is 0 Å². The first-order valence-electron chi connectivity index (χ1n) is 7.75. The second kappa shape index (κ2) is 7.44. The number of aryl methyl sites for hydroxylation is 2. The molecule has 0 saturated carbocycles. The minimum atomic E-state index is -0.277. The summed E-state index contributed by atoms with van der Waals surface area (Å²) in [5.41, 5.74) is 4.09. The molecule has 0 saturated heterocycles. The number of hydrogen-bond acceptors (Lipinski definition) is 4. The maximum Gasteiger partial charge on any atom is 0.274 e. The Morgan fingerprint density at radius 3 is 2.64 bits per heavy atom. The van der Waals surface area contributed by atoms with Crippen molar-refractivity contribution in [2.45, 2.75) is 13.8 Å². The van der Waals surface area contributed by atoms with Crippen molar-refractivity contribution in [2.24, 2.45) is 0 Å². The smallest absolute Gasteiger partial charge is 0.274 e. The van der Waals surface area contributed by atoms with E-state index in [0.29, 0.717) is 11.6 Å². The number of nitrogens with zero attached hydrogens (tertiary/aromatic N) is 2. The lowest BCUT2D eigenvalue weighted by molar-refractivity contribution is 0.102. The van der Waals surface area contributed by atoms with E-state index in [2.05, 4.69) is 36.5 Å². The van der Waals surface area contributed by atoms with Gasteiger partial charge in [0.15, 0.2) is 0 Å². The van der Waals surface area contributed by atoms with Crippen LogP contribution in [0, 0.1) is 13.8 Å². The van der Waals surface area contributed by atoms with Crippen LogP contribution in [-0.4, -0.2) is 15.9 Å². The summed E-state index contributed by atoms with van der Waals surface area (Å²) in [6, 6.07) is 15.1. The highest BCUT2D eigenvalue weighted by Gasteiger charge is 2.10. The number of anilines is 3. The average Bonchev–Trinajstić information content (AvgIpc) is 2.58. The number of halogens is 1. The van der Waals surface area contributed by atoms with E-state index >= 15 is 0 Å². The van der Waals surface area contributed by atoms with Gasteiger partial charge in [-0.15, -0.1) is 0 Å². The standard InChI is InChI=1S/C19H17BrN4O/c1-12-4-3-5-14(10-12)22-18(25)17-8-9-21-19(24-17)23-15-7-6-13(2)16(20)11-15/h3-11H,1-2H3,(H,22,25)(H,21,23,24). The Balaban J connectivity index is 1.76. The van der Waals surface area contributed by atoms with Gasteiger partial charge in [0.05, 0.1) is 0 Å². The third-order valence-electron chi connectivity index (χ3n) is 3.59. The maximum atomic E-state index is 12.4. The van der Waals surface area contributed by atoms with Crippen LogP contribution in [0.1, 0.15) is 21.6 Å². The third kappa shape index (κ3) is 4.42. The molecule has 2 aromatic carbocycles. The molecule has 0 aliphatic carbocycles. The second-order valence-electron chi connectivity index (χ2n) is 5.68. The largest absolute Gasteiger partial charge is 0.324 e. The van der Waals surface area contributed by atoms with Gasteiger partial charge in [0, 0.05) is 22.0 Å². The molecule has 0 bridgehead atoms. The lowest BCUT2D eigenvalue weighted by atomic mass is 10.2. The van der Waals surface area contributed by atoms with Crippen molar-refractivity contribution in [3.8, 4) is 0 Å². The summed E-state index contributed by atoms with van der Waals surface area (Å²) in [5.74, 6) is 0.0915. The molecule has 1 amide bonds. The molecule has 0 spiro atoms. The van der Waals surface area contributed by atoms with Gasteiger partial charge in [0.25, 0.3) is 5.91 Å². The SMILES string of the molecule is Cc1cccc(NC(=O)c2ccnc(Nc3ccc(C)c(Br)c3)n2)c1. The van der Waals surface area contributed by atoms with Crippen molar-refractivity contribution < 1.29 is 4.79 Å². The van der Waals surface area contributed by atoms with Crippen LogP contribution < -0.4 is 10.6 Å². The molecule has 3 rings (SSSR count). The van der Waals surface area contributed by atoms with Crippen LogP contribution in [0.4, 0.5) is 17.3 Å². The van der Waals surface area contributed by atoms with Crippen molar-refractivity contribution in [3.63, 3.8) is 0 Å². The summed E-state index contributed by atoms with van der Waals surface area (Å²) in [5, 5.41) is 5.95. The van der Waals surface area contributed by atoms with E-state index in [1.165, 1.54) is 0 Å². The van der Waals surface area contributed by atoms with Crippen LogP contribution in [0.3, 0.4) is 0 Å². The number of amides is 1. The van der Waals surface area contributed by atoms with Crippen LogP contribution in [0.15, 0.2) is 59.2 Å². The molecule has 0 aliphatic rings. The molecule has 126 valence electrons. The van der Waals surface area contributed by atoms with Crippen molar-refractivity contribution >= 4 is 39.2 Å². The maximum absolute atomic E-state index is 12.4. The van der Waals surface area contributed by atoms with Gasteiger partial charge in [0.1, 0.15) is 5.69 Å². The highest BCUT2D eigenvalue weighted by molar-refractivity contribution is 9.10. The fraction of sp³-hybridized carbons (Fsp3) is 0.105. The van der Waals surface area contributed by atoms with Crippen LogP contribution in [0.25, 0.3) is 0 Å². The Kier molecular flexibility index (Phi) is 5.09. The molecule has 1 heterocycles. The molecular formula is C19H17BrN4O. The zero-order valence-electron chi connectivity index (χ0n) is 13.9. The molecule has 0 fully saturated rings. The number of benzene rings is 2. The number of carbonyl (C=O) groups is 1. The number of carbonyl (C=O) groups excluding carboxylic acids is 1. The van der Waals surface area contributed by atoms with Crippen molar-refractivity contribution in [2.75, 3.05) is 10.6 Å². The average molecular weight is 397 g/mol. The monoisotopic (exact) mass is 396 g/mol. The van der Waals surface area contributed by atoms with E-state index in [1.54, 1.807) is 12.3 Å². The van der Waals surface area contributed by atoms with Gasteiger partial charge in [0.2, 0.25) is 5.95 Å². The van der Waals surface area contributed by atoms with E-state index in [-0.39, 0.29) is 5.91 Å². The number of rotatable bonds is 4. The highest BCUT2D eigenvalue weighted by atomic mass is 79.9. The van der Waals surface area contributed by atoms with Gasteiger partial charge >= 0.3 is 0 Å². The van der Waals surface area contributed by atoms with E-state index in [9.17, 15) is 4.79 Å². The number of hydrogen-bond donors (Lipinski definition) is 2. The molecule has 5 nitrogen and oxygen atoms in total. The van der Waals surface area contributed by atoms with Crippen LogP contribution in [0.2, 0.25) is 0 Å². The predicted molar refractivity (Wildman–Crippen MR) is 103 cm³/mol. The zero-order chi connectivity index (χ0) is 17.8. The summed E-state index contributed by atoms with van der Waals surface area (Å²) < 4.78 is 0.992. The van der Waals surface area contributed by atoms with Crippen LogP contribution in [0.5, 0.6) is 0 Å². The van der Waals surface area contributed by atoms with E-state index < -0.39 is 0 Å². The number of nitrogens with one attached hydrogen (secondary N) is 2. The van der Waals surface area contributed by atoms with Crippen molar-refractivity contribution in [1.82, 2.24) is 9.97 Å². The molecule has 1 aromatic heterocycles. The second-order valence-corrected chi connectivity index (χ2v) is 6.53. The highest BCUT2D eigenvalue weighted by Crippen LogP contribution is 2.22. The van der Waals surface area contributed by atoms with Gasteiger partial charge in [-0.25, -0.2) is 9.97 Å². The Morgan fingerprint density at radius 2 is 1.88 bits per heavy atom. The third-order valence-corrected chi connectivity index (χ3v) is 4.45. The first-order chi connectivity index (χ1) is 12.0. The van der Waals surface area contributed by atoms with Crippen LogP contribution >= 0.6 is 15.9 Å². The molecule has 0 unspecified atom stereocenters. The fourth-order valence-corrected chi connectivity index (χ4v) is 2.64. The topological polar surface area (TPSA) is 66.9 Å². The van der Waals surface area contributed by atoms with Gasteiger partial charge in [-0.2, -0.15) is 0 Å². The quantitative estimate of drug-likeness (QED) is 0.661. The van der Waals surface area contributed by atoms with Gasteiger partial charge in [-0.05, 0) is 55.3 Å². The Labute approximate surface area is 154 Å². The summed E-state index contributed by atoms with van der Waals surface area (Å²) in [6.07, 6.45) is 1.56. The molecule has 2 N–H and O–H groups in total. The summed E-state index contributed by atoms with van der Waals surface area (Å²) in [6.45, 7) is 3.99. The summed E-state index contributed by atoms with van der Waals surface area (Å²) in [7, 11) is 0. The molecule has 0 radical (unpaired) electrons. The Bertz CT molecular complexity index is 927. The molecule has 25 heavy (non-hydrogen) atoms. The van der Waals surface area contributed by atoms with Gasteiger partial charge in [-0.1, -0.05) is 34.1 Å². The molecular weight excluding hydrogens is 380 g/mol.